The van der Waals surface area contributed by atoms with E-state index in [2.05, 4.69) is 37.5 Å². The van der Waals surface area contributed by atoms with Crippen LogP contribution in [0.4, 0.5) is 0 Å². The SMILES string of the molecule is CCC(C(C)=O)C(=O)[O-].CCC(C(C)=O)C(=O)[O-].CCN(CC)CCCO.CCN(CC)CCCO.[Zr+2]. The van der Waals surface area contributed by atoms with Gasteiger partial charge in [-0.3, -0.25) is 9.59 Å². The molecule has 218 valence electrons. The van der Waals surface area contributed by atoms with E-state index < -0.39 is 23.8 Å². The molecule has 0 bridgehead atoms. The molecular formula is C26H52N2O8Zr. The maximum Gasteiger partial charge on any atom is 2.00 e. The molecule has 0 rings (SSSR count). The van der Waals surface area contributed by atoms with Gasteiger partial charge in [0.1, 0.15) is 11.6 Å². The second-order valence-corrected chi connectivity index (χ2v) is 7.99. The molecule has 0 heterocycles. The first-order valence-corrected chi connectivity index (χ1v) is 13.0. The van der Waals surface area contributed by atoms with Crippen LogP contribution < -0.4 is 10.2 Å². The summed E-state index contributed by atoms with van der Waals surface area (Å²) in [7, 11) is 0. The molecule has 0 aliphatic heterocycles. The third-order valence-corrected chi connectivity index (χ3v) is 5.42. The van der Waals surface area contributed by atoms with Crippen LogP contribution in [0.2, 0.25) is 0 Å². The van der Waals surface area contributed by atoms with Crippen molar-refractivity contribution in [3.63, 3.8) is 0 Å². The average Bonchev–Trinajstić information content (AvgIpc) is 2.81. The van der Waals surface area contributed by atoms with Crippen LogP contribution in [0.5, 0.6) is 0 Å². The van der Waals surface area contributed by atoms with Crippen molar-refractivity contribution in [2.24, 2.45) is 11.8 Å². The third kappa shape index (κ3) is 31.1. The summed E-state index contributed by atoms with van der Waals surface area (Å²) in [5.74, 6) is -5.04. The first-order chi connectivity index (χ1) is 16.9. The number of aliphatic hydroxyl groups excluding tert-OH is 2. The number of hydrogen-bond donors (Lipinski definition) is 2. The first-order valence-electron chi connectivity index (χ1n) is 13.0. The summed E-state index contributed by atoms with van der Waals surface area (Å²) in [4.78, 5) is 45.5. The standard InChI is InChI=1S/2C7H17NO.2C6H10O3.Zr/c2*1-3-8(4-2)6-5-7-9;2*1-3-5(4(2)7)6(8)9;/h2*9H,3-7H2,1-2H3;2*5H,3H2,1-2H3,(H,8,9);/q;;;;+2/p-2. The molecular weight excluding hydrogens is 560 g/mol. The summed E-state index contributed by atoms with van der Waals surface area (Å²) < 4.78 is 0. The number of ketones is 2. The molecule has 0 aliphatic carbocycles. The minimum absolute atomic E-state index is 0. The first kappa shape index (κ1) is 45.9. The second-order valence-electron chi connectivity index (χ2n) is 7.99. The smallest absolute Gasteiger partial charge is 0.549 e. The van der Waals surface area contributed by atoms with Crippen molar-refractivity contribution in [3.8, 4) is 0 Å². The van der Waals surface area contributed by atoms with Crippen molar-refractivity contribution in [2.75, 3.05) is 52.5 Å². The molecule has 2 atom stereocenters. The maximum atomic E-state index is 10.4. The van der Waals surface area contributed by atoms with Crippen LogP contribution in [0.1, 0.15) is 81.1 Å². The van der Waals surface area contributed by atoms with Crippen LogP contribution >= 0.6 is 0 Å². The zero-order valence-corrected chi connectivity index (χ0v) is 26.8. The van der Waals surface area contributed by atoms with Gasteiger partial charge in [-0.25, -0.2) is 0 Å². The molecule has 2 unspecified atom stereocenters. The summed E-state index contributed by atoms with van der Waals surface area (Å²) in [6, 6.07) is 0. The number of aliphatic carboxylic acids is 2. The molecule has 0 fully saturated rings. The van der Waals surface area contributed by atoms with E-state index in [4.69, 9.17) is 10.2 Å². The third-order valence-electron chi connectivity index (χ3n) is 5.42. The van der Waals surface area contributed by atoms with Gasteiger partial charge in [-0.2, -0.15) is 0 Å². The minimum Gasteiger partial charge on any atom is -0.549 e. The van der Waals surface area contributed by atoms with E-state index in [0.29, 0.717) is 26.1 Å². The number of carbonyl (C=O) groups excluding carboxylic acids is 4. The van der Waals surface area contributed by atoms with Gasteiger partial charge in [0.05, 0.1) is 23.8 Å². The number of nitrogens with zero attached hydrogens (tertiary/aromatic N) is 2. The number of hydrogen-bond acceptors (Lipinski definition) is 10. The zero-order valence-electron chi connectivity index (χ0n) is 24.4. The normalized spacial score (nSPS) is 11.4. The van der Waals surface area contributed by atoms with Gasteiger partial charge in [0.25, 0.3) is 0 Å². The molecule has 0 radical (unpaired) electrons. The monoisotopic (exact) mass is 610 g/mol. The molecule has 0 amide bonds. The van der Waals surface area contributed by atoms with Gasteiger partial charge in [0.2, 0.25) is 0 Å². The van der Waals surface area contributed by atoms with Crippen LogP contribution in [0.3, 0.4) is 0 Å². The average molecular weight is 612 g/mol. The summed E-state index contributed by atoms with van der Waals surface area (Å²) in [6.45, 7) is 21.4. The van der Waals surface area contributed by atoms with E-state index in [1.165, 1.54) is 13.8 Å². The Morgan fingerprint density at radius 3 is 0.946 bits per heavy atom. The number of carbonyl (C=O) groups is 4. The Hall–Kier alpha value is -0.997. The molecule has 11 heteroatoms. The summed E-state index contributed by atoms with van der Waals surface area (Å²) in [5.41, 5.74) is 0. The largest absolute Gasteiger partial charge is 2.00 e. The molecule has 0 saturated heterocycles. The minimum atomic E-state index is -1.27. The van der Waals surface area contributed by atoms with Gasteiger partial charge in [-0.1, -0.05) is 41.5 Å². The van der Waals surface area contributed by atoms with E-state index >= 15 is 0 Å². The van der Waals surface area contributed by atoms with Gasteiger partial charge in [-0.15, -0.1) is 0 Å². The van der Waals surface area contributed by atoms with Crippen molar-refractivity contribution in [3.05, 3.63) is 0 Å². The van der Waals surface area contributed by atoms with Crippen LogP contribution in [0, 0.1) is 11.8 Å². The van der Waals surface area contributed by atoms with Gasteiger partial charge in [0.15, 0.2) is 0 Å². The number of rotatable bonds is 16. The predicted octanol–water partition coefficient (Wildman–Crippen LogP) is 0.122. The molecule has 0 saturated carbocycles. The Morgan fingerprint density at radius 1 is 0.622 bits per heavy atom. The van der Waals surface area contributed by atoms with Gasteiger partial charge < -0.3 is 39.8 Å². The Morgan fingerprint density at radius 2 is 0.865 bits per heavy atom. The van der Waals surface area contributed by atoms with Gasteiger partial charge >= 0.3 is 26.2 Å². The summed E-state index contributed by atoms with van der Waals surface area (Å²) in [5, 5.41) is 37.0. The fourth-order valence-electron chi connectivity index (χ4n) is 2.91. The van der Waals surface area contributed by atoms with Crippen molar-refractivity contribution in [1.29, 1.82) is 0 Å². The molecule has 37 heavy (non-hydrogen) atoms. The van der Waals surface area contributed by atoms with E-state index in [1.54, 1.807) is 13.8 Å². The van der Waals surface area contributed by atoms with Crippen LogP contribution in [0.15, 0.2) is 0 Å². The molecule has 0 aliphatic rings. The van der Waals surface area contributed by atoms with E-state index in [9.17, 15) is 29.4 Å². The van der Waals surface area contributed by atoms with E-state index in [1.807, 2.05) is 0 Å². The molecule has 0 spiro atoms. The Labute approximate surface area is 243 Å². The second kappa shape index (κ2) is 33.0. The zero-order chi connectivity index (χ0) is 29.1. The topological polar surface area (TPSA) is 161 Å². The Balaban J connectivity index is -0.000000122. The summed E-state index contributed by atoms with van der Waals surface area (Å²) in [6.07, 6.45) is 2.44. The molecule has 0 aromatic carbocycles. The quantitative estimate of drug-likeness (QED) is 0.229. The molecule has 0 aromatic rings. The number of aliphatic hydroxyl groups is 2. The molecule has 10 nitrogen and oxygen atoms in total. The van der Waals surface area contributed by atoms with Gasteiger partial charge in [0, 0.05) is 26.3 Å². The Bertz CT molecular complexity index is 481. The number of carboxylic acids is 2. The van der Waals surface area contributed by atoms with Crippen molar-refractivity contribution in [2.45, 2.75) is 81.1 Å². The summed E-state index contributed by atoms with van der Waals surface area (Å²) >= 11 is 0. The van der Waals surface area contributed by atoms with E-state index in [-0.39, 0.29) is 37.8 Å². The molecule has 2 N–H and O–H groups in total. The predicted molar refractivity (Wildman–Crippen MR) is 138 cm³/mol. The fourth-order valence-corrected chi connectivity index (χ4v) is 2.91. The van der Waals surface area contributed by atoms with Crippen molar-refractivity contribution in [1.82, 2.24) is 9.80 Å². The number of carboxylic acid groups (broad SMARTS) is 2. The van der Waals surface area contributed by atoms with Crippen LogP contribution in [-0.4, -0.2) is 96.0 Å². The Kier molecular flexibility index (Phi) is 41.0. The van der Waals surface area contributed by atoms with Crippen LogP contribution in [-0.2, 0) is 45.4 Å². The number of Topliss-reactive ketones (excluding diaryl/α,β-unsaturated/α-hetero) is 2. The van der Waals surface area contributed by atoms with E-state index in [0.717, 1.165) is 52.1 Å². The molecule has 0 aromatic heterocycles. The van der Waals surface area contributed by atoms with Crippen molar-refractivity contribution < 1.29 is 65.8 Å². The van der Waals surface area contributed by atoms with Crippen molar-refractivity contribution >= 4 is 23.5 Å². The van der Waals surface area contributed by atoms with Gasteiger partial charge in [-0.05, 0) is 65.7 Å². The van der Waals surface area contributed by atoms with Crippen LogP contribution in [0.25, 0.3) is 0 Å². The fraction of sp³-hybridized carbons (Fsp3) is 0.846. The maximum absolute atomic E-state index is 10.4.